The molecule has 1 aromatic carbocycles. The van der Waals surface area contributed by atoms with Gasteiger partial charge >= 0.3 is 0 Å². The SMILES string of the molecule is CS(=O)(=O)c1ccc(C2NCCC(OCC3CCCS3)C23CCCCCCCC3)cc1. The summed E-state index contributed by atoms with van der Waals surface area (Å²) in [6.45, 7) is 1.85. The molecule has 3 atom stereocenters. The Balaban J connectivity index is 1.62. The van der Waals surface area contributed by atoms with Crippen molar-refractivity contribution in [1.82, 2.24) is 5.32 Å². The Morgan fingerprint density at radius 3 is 2.29 bits per heavy atom. The lowest BCUT2D eigenvalue weighted by atomic mass is 9.64. The van der Waals surface area contributed by atoms with Gasteiger partial charge in [-0.25, -0.2) is 8.42 Å². The van der Waals surface area contributed by atoms with Crippen molar-refractivity contribution < 1.29 is 13.2 Å². The quantitative estimate of drug-likeness (QED) is 0.620. The first-order chi connectivity index (χ1) is 15.0. The van der Waals surface area contributed by atoms with Crippen LogP contribution < -0.4 is 5.32 Å². The van der Waals surface area contributed by atoms with E-state index in [2.05, 4.69) is 17.1 Å². The molecule has 1 aliphatic carbocycles. The molecular formula is C25H39NO3S2. The third kappa shape index (κ3) is 5.69. The van der Waals surface area contributed by atoms with Gasteiger partial charge in [-0.05, 0) is 62.1 Å². The smallest absolute Gasteiger partial charge is 0.175 e. The van der Waals surface area contributed by atoms with Gasteiger partial charge in [0.2, 0.25) is 0 Å². The molecule has 0 radical (unpaired) electrons. The van der Waals surface area contributed by atoms with Crippen molar-refractivity contribution in [3.05, 3.63) is 29.8 Å². The molecule has 2 saturated heterocycles. The Labute approximate surface area is 193 Å². The van der Waals surface area contributed by atoms with Crippen molar-refractivity contribution >= 4 is 21.6 Å². The highest BCUT2D eigenvalue weighted by Crippen LogP contribution is 2.51. The molecule has 1 aromatic rings. The number of rotatable bonds is 5. The molecule has 2 aliphatic heterocycles. The fourth-order valence-corrected chi connectivity index (χ4v) is 7.80. The minimum absolute atomic E-state index is 0.0957. The third-order valence-electron chi connectivity index (χ3n) is 7.65. The molecule has 1 spiro atoms. The summed E-state index contributed by atoms with van der Waals surface area (Å²) in [6, 6.07) is 7.88. The summed E-state index contributed by atoms with van der Waals surface area (Å²) in [7, 11) is -3.18. The van der Waals surface area contributed by atoms with Crippen molar-refractivity contribution in [2.75, 3.05) is 25.2 Å². The molecule has 4 nitrogen and oxygen atoms in total. The van der Waals surface area contributed by atoms with Crippen LogP contribution in [0.5, 0.6) is 0 Å². The molecule has 0 bridgehead atoms. The molecule has 3 fully saturated rings. The van der Waals surface area contributed by atoms with Gasteiger partial charge in [-0.3, -0.25) is 0 Å². The number of hydrogen-bond acceptors (Lipinski definition) is 5. The summed E-state index contributed by atoms with van der Waals surface area (Å²) < 4.78 is 30.7. The van der Waals surface area contributed by atoms with Crippen molar-refractivity contribution in [1.29, 1.82) is 0 Å². The number of ether oxygens (including phenoxy) is 1. The predicted octanol–water partition coefficient (Wildman–Crippen LogP) is 5.53. The maximum absolute atomic E-state index is 12.0. The van der Waals surface area contributed by atoms with E-state index in [0.29, 0.717) is 10.1 Å². The fourth-order valence-electron chi connectivity index (χ4n) is 5.99. The van der Waals surface area contributed by atoms with Crippen LogP contribution in [0.2, 0.25) is 0 Å². The molecule has 1 N–H and O–H groups in total. The van der Waals surface area contributed by atoms with Crippen molar-refractivity contribution in [3.8, 4) is 0 Å². The van der Waals surface area contributed by atoms with Gasteiger partial charge in [-0.15, -0.1) is 0 Å². The van der Waals surface area contributed by atoms with Crippen LogP contribution in [0.4, 0.5) is 0 Å². The van der Waals surface area contributed by atoms with E-state index < -0.39 is 9.84 Å². The standard InChI is InChI=1S/C25H39NO3S2/c1-31(27,28)22-12-10-20(11-13-22)24-25(15-6-4-2-3-5-7-16-25)23(14-17-26-24)29-19-21-9-8-18-30-21/h10-13,21,23-24,26H,2-9,14-19H2,1H3. The number of benzene rings is 1. The van der Waals surface area contributed by atoms with Gasteiger partial charge in [0.15, 0.2) is 9.84 Å². The number of thioether (sulfide) groups is 1. The van der Waals surface area contributed by atoms with Crippen LogP contribution >= 0.6 is 11.8 Å². The van der Waals surface area contributed by atoms with Gasteiger partial charge in [-0.1, -0.05) is 50.7 Å². The second kappa shape index (κ2) is 10.6. The summed E-state index contributed by atoms with van der Waals surface area (Å²) in [5.41, 5.74) is 1.31. The number of piperidine rings is 1. The van der Waals surface area contributed by atoms with E-state index in [1.165, 1.54) is 81.8 Å². The average Bonchev–Trinajstić information content (AvgIpc) is 3.30. The summed E-state index contributed by atoms with van der Waals surface area (Å²) in [5, 5.41) is 4.51. The van der Waals surface area contributed by atoms with Crippen LogP contribution in [0.25, 0.3) is 0 Å². The highest BCUT2D eigenvalue weighted by molar-refractivity contribution is 8.00. The first-order valence-corrected chi connectivity index (χ1v) is 15.2. The minimum atomic E-state index is -3.18. The Morgan fingerprint density at radius 2 is 1.68 bits per heavy atom. The first-order valence-electron chi connectivity index (χ1n) is 12.3. The lowest BCUT2D eigenvalue weighted by Crippen LogP contribution is -2.53. The number of sulfone groups is 1. The summed E-state index contributed by atoms with van der Waals surface area (Å²) in [6.07, 6.45) is 15.5. The lowest BCUT2D eigenvalue weighted by Gasteiger charge is -2.51. The topological polar surface area (TPSA) is 55.4 Å². The van der Waals surface area contributed by atoms with Crippen LogP contribution in [0.1, 0.15) is 82.2 Å². The molecule has 6 heteroatoms. The summed E-state index contributed by atoms with van der Waals surface area (Å²) in [5.74, 6) is 1.28. The van der Waals surface area contributed by atoms with Crippen LogP contribution in [0.15, 0.2) is 29.2 Å². The maximum Gasteiger partial charge on any atom is 0.175 e. The van der Waals surface area contributed by atoms with Crippen LogP contribution in [0, 0.1) is 5.41 Å². The maximum atomic E-state index is 12.0. The van der Waals surface area contributed by atoms with E-state index in [1.807, 2.05) is 12.1 Å². The molecule has 174 valence electrons. The normalized spacial score (nSPS) is 29.9. The van der Waals surface area contributed by atoms with Crippen molar-refractivity contribution in [3.63, 3.8) is 0 Å². The predicted molar refractivity (Wildman–Crippen MR) is 130 cm³/mol. The van der Waals surface area contributed by atoms with E-state index in [9.17, 15) is 8.42 Å². The monoisotopic (exact) mass is 465 g/mol. The zero-order valence-electron chi connectivity index (χ0n) is 19.0. The van der Waals surface area contributed by atoms with Gasteiger partial charge in [0.25, 0.3) is 0 Å². The van der Waals surface area contributed by atoms with E-state index in [4.69, 9.17) is 4.74 Å². The molecule has 1 saturated carbocycles. The highest BCUT2D eigenvalue weighted by atomic mass is 32.2. The lowest BCUT2D eigenvalue weighted by molar-refractivity contribution is -0.0925. The van der Waals surface area contributed by atoms with Gasteiger partial charge in [0.1, 0.15) is 0 Å². The van der Waals surface area contributed by atoms with Crippen molar-refractivity contribution in [2.24, 2.45) is 5.41 Å². The molecule has 3 unspecified atom stereocenters. The summed E-state index contributed by atoms with van der Waals surface area (Å²) >= 11 is 2.08. The summed E-state index contributed by atoms with van der Waals surface area (Å²) in [4.78, 5) is 0.404. The number of nitrogens with one attached hydrogen (secondary N) is 1. The van der Waals surface area contributed by atoms with Gasteiger partial charge in [-0.2, -0.15) is 11.8 Å². The zero-order chi connectivity index (χ0) is 21.7. The zero-order valence-corrected chi connectivity index (χ0v) is 20.6. The minimum Gasteiger partial charge on any atom is -0.376 e. The molecular weight excluding hydrogens is 426 g/mol. The third-order valence-corrected chi connectivity index (χ3v) is 10.2. The van der Waals surface area contributed by atoms with Gasteiger partial charge in [0.05, 0.1) is 17.6 Å². The largest absolute Gasteiger partial charge is 0.376 e. The average molecular weight is 466 g/mol. The Hall–Kier alpha value is -0.560. The number of hydrogen-bond donors (Lipinski definition) is 1. The van der Waals surface area contributed by atoms with Crippen molar-refractivity contribution in [2.45, 2.75) is 92.9 Å². The first kappa shape index (κ1) is 23.6. The van der Waals surface area contributed by atoms with E-state index in [1.54, 1.807) is 12.1 Å². The van der Waals surface area contributed by atoms with Gasteiger partial charge < -0.3 is 10.1 Å². The molecule has 4 rings (SSSR count). The van der Waals surface area contributed by atoms with Gasteiger partial charge in [0, 0.05) is 23.0 Å². The fraction of sp³-hybridized carbons (Fsp3) is 0.760. The van der Waals surface area contributed by atoms with E-state index in [0.717, 1.165) is 19.6 Å². The molecule has 3 aliphatic rings. The Morgan fingerprint density at radius 1 is 1.00 bits per heavy atom. The second-order valence-corrected chi connectivity index (χ2v) is 13.3. The molecule has 2 heterocycles. The van der Waals surface area contributed by atoms with E-state index in [-0.39, 0.29) is 17.6 Å². The van der Waals surface area contributed by atoms with Crippen LogP contribution in [-0.4, -0.2) is 44.9 Å². The Kier molecular flexibility index (Phi) is 8.05. The van der Waals surface area contributed by atoms with Crippen LogP contribution in [-0.2, 0) is 14.6 Å². The van der Waals surface area contributed by atoms with Crippen LogP contribution in [0.3, 0.4) is 0 Å². The Bertz CT molecular complexity index is 793. The molecule has 0 aromatic heterocycles. The second-order valence-electron chi connectivity index (χ2n) is 9.83. The van der Waals surface area contributed by atoms with E-state index >= 15 is 0 Å². The molecule has 0 amide bonds. The molecule has 31 heavy (non-hydrogen) atoms. The highest BCUT2D eigenvalue weighted by Gasteiger charge is 2.48.